The van der Waals surface area contributed by atoms with Crippen LogP contribution in [0.2, 0.25) is 0 Å². The minimum absolute atomic E-state index is 0.603. The van der Waals surface area contributed by atoms with Gasteiger partial charge in [-0.2, -0.15) is 0 Å². The van der Waals surface area contributed by atoms with Crippen LogP contribution in [0.1, 0.15) is 56.2 Å². The molecule has 0 amide bonds. The van der Waals surface area contributed by atoms with E-state index in [0.717, 1.165) is 13.1 Å². The monoisotopic (exact) mass is 275 g/mol. The first kappa shape index (κ1) is 14.2. The van der Waals surface area contributed by atoms with Crippen LogP contribution >= 0.6 is 0 Å². The average molecular weight is 275 g/mol. The van der Waals surface area contributed by atoms with Crippen LogP contribution < -0.4 is 5.32 Å². The van der Waals surface area contributed by atoms with E-state index < -0.39 is 0 Å². The maximum atomic E-state index is 3.71. The molecule has 0 spiro atoms. The molecule has 1 aliphatic carbocycles. The van der Waals surface area contributed by atoms with Crippen LogP contribution in [0, 0.1) is 0 Å². The lowest BCUT2D eigenvalue weighted by atomic mass is 9.91. The lowest BCUT2D eigenvalue weighted by molar-refractivity contribution is 0.322. The molecule has 2 heterocycles. The molecule has 1 aromatic heterocycles. The van der Waals surface area contributed by atoms with E-state index in [1.807, 2.05) is 0 Å². The first-order valence-electron chi connectivity index (χ1n) is 8.51. The van der Waals surface area contributed by atoms with Crippen molar-refractivity contribution in [1.29, 1.82) is 0 Å². The van der Waals surface area contributed by atoms with Crippen molar-refractivity contribution in [3.05, 3.63) is 23.5 Å². The number of nitrogens with one attached hydrogen (secondary N) is 1. The van der Waals surface area contributed by atoms with Gasteiger partial charge in [-0.3, -0.25) is 0 Å². The minimum Gasteiger partial charge on any atom is -0.352 e. The van der Waals surface area contributed by atoms with E-state index in [1.54, 1.807) is 11.1 Å². The van der Waals surface area contributed by atoms with Gasteiger partial charge < -0.3 is 14.8 Å². The summed E-state index contributed by atoms with van der Waals surface area (Å²) in [5.74, 6) is 0. The summed E-state index contributed by atoms with van der Waals surface area (Å²) in [5.41, 5.74) is 3.16. The molecule has 1 N–H and O–H groups in total. The van der Waals surface area contributed by atoms with Gasteiger partial charge in [0.25, 0.3) is 0 Å². The van der Waals surface area contributed by atoms with Gasteiger partial charge in [0.15, 0.2) is 0 Å². The second kappa shape index (κ2) is 6.77. The molecule has 3 rings (SSSR count). The summed E-state index contributed by atoms with van der Waals surface area (Å²) in [5, 5.41) is 3.71. The second-order valence-corrected chi connectivity index (χ2v) is 6.42. The number of rotatable bonds is 6. The van der Waals surface area contributed by atoms with Gasteiger partial charge in [-0.25, -0.2) is 0 Å². The van der Waals surface area contributed by atoms with E-state index >= 15 is 0 Å². The van der Waals surface area contributed by atoms with Crippen LogP contribution in [0.5, 0.6) is 0 Å². The van der Waals surface area contributed by atoms with Gasteiger partial charge in [-0.05, 0) is 69.3 Å². The molecule has 112 valence electrons. The summed E-state index contributed by atoms with van der Waals surface area (Å²) in [6.07, 6.45) is 12.8. The van der Waals surface area contributed by atoms with Crippen molar-refractivity contribution in [2.75, 3.05) is 26.2 Å². The number of fused-ring (bicyclic) bond motifs is 1. The first-order chi connectivity index (χ1) is 9.86. The third kappa shape index (κ3) is 3.26. The predicted octanol–water partition coefficient (Wildman–Crippen LogP) is 2.96. The Morgan fingerprint density at radius 3 is 2.80 bits per heavy atom. The van der Waals surface area contributed by atoms with Gasteiger partial charge in [-0.15, -0.1) is 0 Å². The summed E-state index contributed by atoms with van der Waals surface area (Å²) in [6, 6.07) is 0.603. The standard InChI is InChI=1S/C17H29N3/c1-2-8-18-17-7-5-6-15-13-20(14-16(15)17)12-11-19-9-3-4-10-19/h13-14,17-18H,2-12H2,1H3. The van der Waals surface area contributed by atoms with Crippen LogP contribution in [-0.4, -0.2) is 35.6 Å². The van der Waals surface area contributed by atoms with Gasteiger partial charge in [0, 0.05) is 31.5 Å². The molecule has 0 saturated carbocycles. The van der Waals surface area contributed by atoms with Crippen molar-refractivity contribution < 1.29 is 0 Å². The van der Waals surface area contributed by atoms with Gasteiger partial charge >= 0.3 is 0 Å². The van der Waals surface area contributed by atoms with E-state index in [0.29, 0.717) is 6.04 Å². The van der Waals surface area contributed by atoms with Gasteiger partial charge in [0.2, 0.25) is 0 Å². The summed E-state index contributed by atoms with van der Waals surface area (Å²) in [7, 11) is 0. The maximum absolute atomic E-state index is 3.71. The number of aromatic nitrogens is 1. The van der Waals surface area contributed by atoms with Crippen molar-refractivity contribution in [1.82, 2.24) is 14.8 Å². The Morgan fingerprint density at radius 1 is 1.15 bits per heavy atom. The smallest absolute Gasteiger partial charge is 0.0347 e. The highest BCUT2D eigenvalue weighted by Crippen LogP contribution is 2.30. The van der Waals surface area contributed by atoms with E-state index in [9.17, 15) is 0 Å². The number of likely N-dealkylation sites (tertiary alicyclic amines) is 1. The van der Waals surface area contributed by atoms with Gasteiger partial charge in [0.05, 0.1) is 0 Å². The SMILES string of the molecule is CCCNC1CCCc2cn(CCN3CCCC3)cc21. The van der Waals surface area contributed by atoms with Crippen LogP contribution in [-0.2, 0) is 13.0 Å². The highest BCUT2D eigenvalue weighted by Gasteiger charge is 2.21. The van der Waals surface area contributed by atoms with Crippen LogP contribution in [0.4, 0.5) is 0 Å². The van der Waals surface area contributed by atoms with Crippen LogP contribution in [0.15, 0.2) is 12.4 Å². The molecule has 3 heteroatoms. The third-order valence-electron chi connectivity index (χ3n) is 4.83. The lowest BCUT2D eigenvalue weighted by Gasteiger charge is -2.23. The Hall–Kier alpha value is -0.800. The summed E-state index contributed by atoms with van der Waals surface area (Å²) in [6.45, 7) is 8.39. The van der Waals surface area contributed by atoms with Crippen molar-refractivity contribution in [2.45, 2.75) is 58.0 Å². The molecule has 2 aliphatic rings. The highest BCUT2D eigenvalue weighted by molar-refractivity contribution is 5.30. The Morgan fingerprint density at radius 2 is 2.00 bits per heavy atom. The Labute approximate surface area is 123 Å². The lowest BCUT2D eigenvalue weighted by Crippen LogP contribution is -2.25. The molecule has 0 radical (unpaired) electrons. The Balaban J connectivity index is 1.61. The zero-order chi connectivity index (χ0) is 13.8. The molecule has 1 fully saturated rings. The molecule has 0 aromatic carbocycles. The van der Waals surface area contributed by atoms with Crippen molar-refractivity contribution in [3.8, 4) is 0 Å². The topological polar surface area (TPSA) is 20.2 Å². The Bertz CT molecular complexity index is 418. The van der Waals surface area contributed by atoms with E-state index in [4.69, 9.17) is 0 Å². The normalized spacial score (nSPS) is 23.1. The molecule has 3 nitrogen and oxygen atoms in total. The number of aryl methyl sites for hydroxylation is 1. The largest absolute Gasteiger partial charge is 0.352 e. The summed E-state index contributed by atoms with van der Waals surface area (Å²) < 4.78 is 2.44. The number of hydrogen-bond donors (Lipinski definition) is 1. The van der Waals surface area contributed by atoms with Gasteiger partial charge in [-0.1, -0.05) is 6.92 Å². The third-order valence-corrected chi connectivity index (χ3v) is 4.83. The fourth-order valence-electron chi connectivity index (χ4n) is 3.67. The summed E-state index contributed by atoms with van der Waals surface area (Å²) >= 11 is 0. The van der Waals surface area contributed by atoms with E-state index in [2.05, 4.69) is 34.1 Å². The maximum Gasteiger partial charge on any atom is 0.0347 e. The predicted molar refractivity (Wildman–Crippen MR) is 84.1 cm³/mol. The number of hydrogen-bond acceptors (Lipinski definition) is 2. The molecule has 1 aliphatic heterocycles. The van der Waals surface area contributed by atoms with E-state index in [1.165, 1.54) is 58.2 Å². The molecule has 1 aromatic rings. The molecular formula is C17H29N3. The second-order valence-electron chi connectivity index (χ2n) is 6.42. The van der Waals surface area contributed by atoms with Crippen molar-refractivity contribution >= 4 is 0 Å². The first-order valence-corrected chi connectivity index (χ1v) is 8.51. The molecule has 1 unspecified atom stereocenters. The number of nitrogens with zero attached hydrogens (tertiary/aromatic N) is 2. The fraction of sp³-hybridized carbons (Fsp3) is 0.765. The molecule has 0 bridgehead atoms. The molecule has 1 saturated heterocycles. The fourth-order valence-corrected chi connectivity index (χ4v) is 3.67. The quantitative estimate of drug-likeness (QED) is 0.861. The zero-order valence-corrected chi connectivity index (χ0v) is 12.9. The average Bonchev–Trinajstić information content (AvgIpc) is 3.11. The Kier molecular flexibility index (Phi) is 4.79. The van der Waals surface area contributed by atoms with Crippen LogP contribution in [0.3, 0.4) is 0 Å². The van der Waals surface area contributed by atoms with Gasteiger partial charge in [0.1, 0.15) is 0 Å². The van der Waals surface area contributed by atoms with Crippen molar-refractivity contribution in [3.63, 3.8) is 0 Å². The zero-order valence-electron chi connectivity index (χ0n) is 12.9. The molecular weight excluding hydrogens is 246 g/mol. The molecule has 1 atom stereocenters. The minimum atomic E-state index is 0.603. The van der Waals surface area contributed by atoms with E-state index in [-0.39, 0.29) is 0 Å². The molecule has 20 heavy (non-hydrogen) atoms. The van der Waals surface area contributed by atoms with Crippen LogP contribution in [0.25, 0.3) is 0 Å². The van der Waals surface area contributed by atoms with Crippen molar-refractivity contribution in [2.24, 2.45) is 0 Å². The summed E-state index contributed by atoms with van der Waals surface area (Å²) in [4.78, 5) is 2.60. The highest BCUT2D eigenvalue weighted by atomic mass is 15.2.